The number of carbonyl (C=O) groups excluding carboxylic acids is 1. The third-order valence-electron chi connectivity index (χ3n) is 6.29. The van der Waals surface area contributed by atoms with Crippen molar-refractivity contribution in [2.75, 3.05) is 12.3 Å². The predicted molar refractivity (Wildman–Crippen MR) is 133 cm³/mol. The van der Waals surface area contributed by atoms with Gasteiger partial charge in [0, 0.05) is 22.5 Å². The Kier molecular flexibility index (Phi) is 7.91. The van der Waals surface area contributed by atoms with Gasteiger partial charge in [0.2, 0.25) is 0 Å². The topological polar surface area (TPSA) is 127 Å². The summed E-state index contributed by atoms with van der Waals surface area (Å²) in [4.78, 5) is 21.4. The third-order valence-corrected chi connectivity index (χ3v) is 6.75. The normalized spacial score (nSPS) is 20.7. The average molecular weight is 564 g/mol. The highest BCUT2D eigenvalue weighted by atomic mass is 79.9. The monoisotopic (exact) mass is 563 g/mol. The van der Waals surface area contributed by atoms with Crippen molar-refractivity contribution in [3.63, 3.8) is 0 Å². The molecule has 4 atom stereocenters. The molecule has 1 heterocycles. The molecular weight excluding hydrogens is 539 g/mol. The van der Waals surface area contributed by atoms with E-state index in [2.05, 4.69) is 31.2 Å². The molecule has 1 aliphatic carbocycles. The lowest BCUT2D eigenvalue weighted by molar-refractivity contribution is 0.0363. The molecule has 0 spiro atoms. The molecule has 190 valence electrons. The number of nitrogen functional groups attached to an aromatic ring is 1. The second kappa shape index (κ2) is 10.9. The van der Waals surface area contributed by atoms with Gasteiger partial charge >= 0.3 is 0 Å². The number of nitrogens with two attached hydrogens (primary N) is 2. The minimum absolute atomic E-state index is 0.0296. The highest BCUT2D eigenvalue weighted by Gasteiger charge is 2.31. The Hall–Kier alpha value is -3.02. The molecule has 1 amide bonds. The SMILES string of the molecule is NCC(NC(=O)c1ccc(-c2nc([C@@H]3CC[C@@H](O)[C@@H](F)C3)cnc2N)cc1F)c1cc(F)cc(Br)c1. The van der Waals surface area contributed by atoms with Crippen LogP contribution < -0.4 is 16.8 Å². The number of hydrogen-bond acceptors (Lipinski definition) is 6. The number of anilines is 1. The summed E-state index contributed by atoms with van der Waals surface area (Å²) >= 11 is 3.20. The highest BCUT2D eigenvalue weighted by molar-refractivity contribution is 9.10. The zero-order chi connectivity index (χ0) is 26.0. The van der Waals surface area contributed by atoms with Crippen molar-refractivity contribution in [2.24, 2.45) is 5.73 Å². The van der Waals surface area contributed by atoms with Gasteiger partial charge in [-0.3, -0.25) is 4.79 Å². The number of aliphatic hydroxyl groups excluding tert-OH is 1. The van der Waals surface area contributed by atoms with Crippen LogP contribution in [0.4, 0.5) is 19.0 Å². The third kappa shape index (κ3) is 5.69. The first kappa shape index (κ1) is 26.1. The number of nitrogens with zero attached hydrogens (tertiary/aromatic N) is 2. The maximum absolute atomic E-state index is 15.0. The van der Waals surface area contributed by atoms with Crippen LogP contribution in [-0.4, -0.2) is 39.8 Å². The van der Waals surface area contributed by atoms with Gasteiger partial charge in [0.25, 0.3) is 5.91 Å². The summed E-state index contributed by atoms with van der Waals surface area (Å²) in [5, 5.41) is 12.3. The quantitative estimate of drug-likeness (QED) is 0.356. The zero-order valence-corrected chi connectivity index (χ0v) is 20.7. The lowest BCUT2D eigenvalue weighted by Crippen LogP contribution is -2.34. The molecule has 0 aliphatic heterocycles. The number of aromatic nitrogens is 2. The molecule has 1 fully saturated rings. The van der Waals surface area contributed by atoms with E-state index in [0.29, 0.717) is 34.1 Å². The number of hydrogen-bond donors (Lipinski definition) is 4. The molecule has 3 aromatic rings. The van der Waals surface area contributed by atoms with Crippen molar-refractivity contribution >= 4 is 27.7 Å². The van der Waals surface area contributed by atoms with Gasteiger partial charge in [0.1, 0.15) is 29.3 Å². The molecule has 11 heteroatoms. The van der Waals surface area contributed by atoms with Crippen LogP contribution in [0.15, 0.2) is 47.1 Å². The molecule has 36 heavy (non-hydrogen) atoms. The first-order chi connectivity index (χ1) is 17.2. The van der Waals surface area contributed by atoms with Gasteiger partial charge in [-0.1, -0.05) is 22.0 Å². The predicted octanol–water partition coefficient (Wildman–Crippen LogP) is 4.16. The van der Waals surface area contributed by atoms with E-state index < -0.39 is 35.9 Å². The summed E-state index contributed by atoms with van der Waals surface area (Å²) in [7, 11) is 0. The minimum atomic E-state index is -1.35. The van der Waals surface area contributed by atoms with Crippen molar-refractivity contribution in [2.45, 2.75) is 43.5 Å². The van der Waals surface area contributed by atoms with Gasteiger partial charge in [-0.2, -0.15) is 0 Å². The molecule has 0 radical (unpaired) electrons. The van der Waals surface area contributed by atoms with E-state index >= 15 is 4.39 Å². The summed E-state index contributed by atoms with van der Waals surface area (Å²) in [6, 6.07) is 7.29. The molecule has 0 bridgehead atoms. The molecule has 7 nitrogen and oxygen atoms in total. The van der Waals surface area contributed by atoms with Gasteiger partial charge in [-0.05, 0) is 55.2 Å². The molecule has 1 saturated carbocycles. The summed E-state index contributed by atoms with van der Waals surface area (Å²) in [6.45, 7) is -0.0296. The number of rotatable bonds is 6. The van der Waals surface area contributed by atoms with Crippen LogP contribution in [0, 0.1) is 11.6 Å². The van der Waals surface area contributed by atoms with Crippen LogP contribution in [-0.2, 0) is 0 Å². The number of carbonyl (C=O) groups is 1. The fourth-order valence-electron chi connectivity index (χ4n) is 4.33. The van der Waals surface area contributed by atoms with Crippen molar-refractivity contribution in [1.82, 2.24) is 15.3 Å². The lowest BCUT2D eigenvalue weighted by Gasteiger charge is -2.28. The van der Waals surface area contributed by atoms with Crippen molar-refractivity contribution in [3.05, 3.63) is 75.5 Å². The summed E-state index contributed by atoms with van der Waals surface area (Å²) in [5.74, 6) is -2.24. The van der Waals surface area contributed by atoms with E-state index in [1.807, 2.05) is 0 Å². The van der Waals surface area contributed by atoms with Gasteiger partial charge in [0.15, 0.2) is 0 Å². The number of aliphatic hydroxyl groups is 1. The first-order valence-corrected chi connectivity index (χ1v) is 12.2. The van der Waals surface area contributed by atoms with Crippen LogP contribution in [0.2, 0.25) is 0 Å². The van der Waals surface area contributed by atoms with Crippen molar-refractivity contribution < 1.29 is 23.1 Å². The number of nitrogens with one attached hydrogen (secondary N) is 1. The van der Waals surface area contributed by atoms with Crippen molar-refractivity contribution in [1.29, 1.82) is 0 Å². The van der Waals surface area contributed by atoms with E-state index in [1.54, 1.807) is 6.07 Å². The van der Waals surface area contributed by atoms with Gasteiger partial charge in [-0.15, -0.1) is 0 Å². The Morgan fingerprint density at radius 1 is 1.22 bits per heavy atom. The summed E-state index contributed by atoms with van der Waals surface area (Å²) in [5.41, 5.74) is 13.0. The Balaban J connectivity index is 1.56. The number of alkyl halides is 1. The van der Waals surface area contributed by atoms with Gasteiger partial charge in [-0.25, -0.2) is 23.1 Å². The minimum Gasteiger partial charge on any atom is -0.390 e. The van der Waals surface area contributed by atoms with E-state index in [-0.39, 0.29) is 36.0 Å². The summed E-state index contributed by atoms with van der Waals surface area (Å²) < 4.78 is 43.3. The Morgan fingerprint density at radius 3 is 2.67 bits per heavy atom. The Labute approximate surface area is 214 Å². The van der Waals surface area contributed by atoms with Crippen LogP contribution >= 0.6 is 15.9 Å². The van der Waals surface area contributed by atoms with Crippen LogP contribution in [0.1, 0.15) is 52.8 Å². The molecule has 6 N–H and O–H groups in total. The smallest absolute Gasteiger partial charge is 0.254 e. The molecule has 2 aromatic carbocycles. The van der Waals surface area contributed by atoms with E-state index in [1.165, 1.54) is 30.5 Å². The molecular formula is C25H25BrF3N5O2. The Morgan fingerprint density at radius 2 is 2.00 bits per heavy atom. The number of halogens is 4. The van der Waals surface area contributed by atoms with Crippen LogP contribution in [0.25, 0.3) is 11.3 Å². The maximum atomic E-state index is 15.0. The number of benzene rings is 2. The van der Waals surface area contributed by atoms with Crippen molar-refractivity contribution in [3.8, 4) is 11.3 Å². The summed E-state index contributed by atoms with van der Waals surface area (Å²) in [6.07, 6.45) is 0.0733. The average Bonchev–Trinajstić information content (AvgIpc) is 2.83. The largest absolute Gasteiger partial charge is 0.390 e. The molecule has 1 aromatic heterocycles. The van der Waals surface area contributed by atoms with E-state index in [9.17, 15) is 18.7 Å². The van der Waals surface area contributed by atoms with E-state index in [4.69, 9.17) is 11.5 Å². The molecule has 1 aliphatic rings. The van der Waals surface area contributed by atoms with Crippen LogP contribution in [0.3, 0.4) is 0 Å². The van der Waals surface area contributed by atoms with Gasteiger partial charge in [0.05, 0.1) is 29.6 Å². The number of amides is 1. The standard InChI is InChI=1S/C25H25BrF3N5O2/c26-15-5-14(6-16(27)9-15)20(10-30)34-25(36)17-3-1-13(8-18(17)28)23-24(31)32-11-21(33-23)12-2-4-22(35)19(29)7-12/h1,3,5-6,8-9,11-12,19-20,22,35H,2,4,7,10,30H2,(H2,31,32)(H,34,36)/t12-,19+,20?,22-/m1/s1. The molecule has 0 saturated heterocycles. The first-order valence-electron chi connectivity index (χ1n) is 11.4. The van der Waals surface area contributed by atoms with Crippen LogP contribution in [0.5, 0.6) is 0 Å². The highest BCUT2D eigenvalue weighted by Crippen LogP contribution is 2.35. The maximum Gasteiger partial charge on any atom is 0.254 e. The molecule has 1 unspecified atom stereocenters. The second-order valence-corrected chi connectivity index (χ2v) is 9.70. The second-order valence-electron chi connectivity index (χ2n) is 8.78. The zero-order valence-electron chi connectivity index (χ0n) is 19.1. The van der Waals surface area contributed by atoms with E-state index in [0.717, 1.165) is 6.07 Å². The lowest BCUT2D eigenvalue weighted by atomic mass is 9.84. The Bertz CT molecular complexity index is 1260. The molecule has 4 rings (SSSR count). The van der Waals surface area contributed by atoms with Gasteiger partial charge < -0.3 is 21.9 Å². The fourth-order valence-corrected chi connectivity index (χ4v) is 4.81. The fraction of sp³-hybridized carbons (Fsp3) is 0.320.